The fourth-order valence-corrected chi connectivity index (χ4v) is 4.21. The second-order valence-corrected chi connectivity index (χ2v) is 9.00. The number of nitrogens with zero attached hydrogens (tertiary/aromatic N) is 3. The topological polar surface area (TPSA) is 128 Å². The molecule has 0 aliphatic heterocycles. The van der Waals surface area contributed by atoms with Crippen LogP contribution in [0.5, 0.6) is 11.6 Å². The molecule has 0 saturated heterocycles. The first-order valence-electron chi connectivity index (χ1n) is 12.6. The van der Waals surface area contributed by atoms with Gasteiger partial charge in [0.05, 0.1) is 22.8 Å². The first-order valence-corrected chi connectivity index (χ1v) is 12.6. The fourth-order valence-electron chi connectivity index (χ4n) is 4.21. The number of nitro groups is 1. The molecule has 41 heavy (non-hydrogen) atoms. The van der Waals surface area contributed by atoms with E-state index in [0.717, 1.165) is 21.9 Å². The Balaban J connectivity index is 0.00000387. The van der Waals surface area contributed by atoms with Crippen molar-refractivity contribution in [1.82, 2.24) is 9.97 Å². The van der Waals surface area contributed by atoms with Gasteiger partial charge in [0.1, 0.15) is 12.4 Å². The molecule has 0 unspecified atom stereocenters. The Hall–Kier alpha value is -4.31. The number of ether oxygens (including phenoxy) is 2. The van der Waals surface area contributed by atoms with Crippen molar-refractivity contribution in [3.63, 3.8) is 0 Å². The van der Waals surface area contributed by atoms with Gasteiger partial charge in [-0.1, -0.05) is 60.7 Å². The largest absolute Gasteiger partial charge is 1.00 e. The van der Waals surface area contributed by atoms with Crippen LogP contribution in [0.4, 0.5) is 5.69 Å². The van der Waals surface area contributed by atoms with Crippen molar-refractivity contribution in [2.75, 3.05) is 6.61 Å². The number of carbonyl (C=O) groups is 1. The predicted molar refractivity (Wildman–Crippen MR) is 148 cm³/mol. The van der Waals surface area contributed by atoms with Crippen LogP contribution in [0.15, 0.2) is 97.1 Å². The van der Waals surface area contributed by atoms with E-state index < -0.39 is 10.9 Å². The molecule has 0 aliphatic carbocycles. The van der Waals surface area contributed by atoms with E-state index in [0.29, 0.717) is 35.1 Å². The van der Waals surface area contributed by atoms with E-state index in [1.165, 1.54) is 6.07 Å². The Kier molecular flexibility index (Phi) is 10.0. The molecule has 4 aromatic carbocycles. The molecule has 0 atom stereocenters. The van der Waals surface area contributed by atoms with Crippen molar-refractivity contribution < 1.29 is 53.9 Å². The van der Waals surface area contributed by atoms with Gasteiger partial charge in [-0.3, -0.25) is 10.1 Å². The molecule has 200 valence electrons. The molecule has 5 rings (SSSR count). The van der Waals surface area contributed by atoms with Gasteiger partial charge in [-0.25, -0.2) is 4.98 Å². The number of benzene rings is 4. The van der Waals surface area contributed by atoms with Gasteiger partial charge in [-0.2, -0.15) is 4.98 Å². The predicted octanol–water partition coefficient (Wildman–Crippen LogP) is 2.36. The van der Waals surface area contributed by atoms with Gasteiger partial charge in [0.25, 0.3) is 5.69 Å². The first kappa shape index (κ1) is 29.7. The number of carbonyl (C=O) groups excluding carboxylic acids is 1. The van der Waals surface area contributed by atoms with E-state index in [1.807, 2.05) is 66.7 Å². The second-order valence-electron chi connectivity index (χ2n) is 9.00. The van der Waals surface area contributed by atoms with Crippen LogP contribution in [0.25, 0.3) is 33.4 Å². The third kappa shape index (κ3) is 7.67. The van der Waals surface area contributed by atoms with Crippen LogP contribution in [0, 0.1) is 10.1 Å². The Morgan fingerprint density at radius 3 is 2.32 bits per heavy atom. The van der Waals surface area contributed by atoms with Crippen LogP contribution < -0.4 is 44.1 Å². The third-order valence-corrected chi connectivity index (χ3v) is 6.20. The van der Waals surface area contributed by atoms with Crippen LogP contribution in [0.2, 0.25) is 0 Å². The standard InChI is InChI=1S/C31H25N3O6.Na/c35-30(36)11-6-16-39-26-15-14-22-17-24(13-12-23(22)18-26)31-32-27(21-7-2-1-3-8-21)19-29(33-31)40-20-25-9-4-5-10-28(25)34(37)38;/h1-5,7-10,12-15,17-19H,6,11,16,20H2,(H,35,36);/q;+1/p-1. The minimum absolute atomic E-state index is 0. The number of fused-ring (bicyclic) bond motifs is 1. The molecule has 0 aliphatic rings. The van der Waals surface area contributed by atoms with E-state index in [9.17, 15) is 20.0 Å². The van der Waals surface area contributed by atoms with Gasteiger partial charge in [0.15, 0.2) is 5.82 Å². The summed E-state index contributed by atoms with van der Waals surface area (Å²) in [5.74, 6) is 0.292. The van der Waals surface area contributed by atoms with Gasteiger partial charge < -0.3 is 19.4 Å². The van der Waals surface area contributed by atoms with Crippen molar-refractivity contribution >= 4 is 22.4 Å². The molecule has 1 heterocycles. The van der Waals surface area contributed by atoms with E-state index in [2.05, 4.69) is 4.98 Å². The van der Waals surface area contributed by atoms with Crippen LogP contribution in [-0.4, -0.2) is 27.5 Å². The Labute approximate surface area is 258 Å². The molecule has 0 N–H and O–H groups in total. The summed E-state index contributed by atoms with van der Waals surface area (Å²) in [6.07, 6.45) is 0.323. The van der Waals surface area contributed by atoms with Crippen molar-refractivity contribution in [2.24, 2.45) is 0 Å². The second kappa shape index (κ2) is 13.8. The average molecular weight is 558 g/mol. The van der Waals surface area contributed by atoms with Crippen LogP contribution in [0.1, 0.15) is 18.4 Å². The molecule has 10 heteroatoms. The van der Waals surface area contributed by atoms with Crippen molar-refractivity contribution in [2.45, 2.75) is 19.4 Å². The summed E-state index contributed by atoms with van der Waals surface area (Å²) in [6, 6.07) is 29.2. The first-order chi connectivity index (χ1) is 19.5. The summed E-state index contributed by atoms with van der Waals surface area (Å²) >= 11 is 0. The van der Waals surface area contributed by atoms with Gasteiger partial charge in [0, 0.05) is 29.2 Å². The van der Waals surface area contributed by atoms with Gasteiger partial charge in [-0.15, -0.1) is 0 Å². The zero-order chi connectivity index (χ0) is 27.9. The number of rotatable bonds is 11. The molecule has 9 nitrogen and oxygen atoms in total. The van der Waals surface area contributed by atoms with E-state index in [-0.39, 0.29) is 54.9 Å². The van der Waals surface area contributed by atoms with Crippen molar-refractivity contribution in [3.05, 3.63) is 113 Å². The normalized spacial score (nSPS) is 10.5. The number of carboxylic acid groups (broad SMARTS) is 1. The molecule has 0 amide bonds. The zero-order valence-corrected chi connectivity index (χ0v) is 24.4. The maximum atomic E-state index is 11.4. The minimum atomic E-state index is -1.09. The third-order valence-electron chi connectivity index (χ3n) is 6.20. The summed E-state index contributed by atoms with van der Waals surface area (Å²) in [5, 5.41) is 23.9. The number of hydrogen-bond acceptors (Lipinski definition) is 8. The molecule has 0 radical (unpaired) electrons. The molecular weight excluding hydrogens is 533 g/mol. The molecule has 0 bridgehead atoms. The van der Waals surface area contributed by atoms with Crippen LogP contribution >= 0.6 is 0 Å². The summed E-state index contributed by atoms with van der Waals surface area (Å²) in [5.41, 5.74) is 2.73. The van der Waals surface area contributed by atoms with Crippen molar-refractivity contribution in [3.8, 4) is 34.3 Å². The van der Waals surface area contributed by atoms with E-state index in [1.54, 1.807) is 24.3 Å². The van der Waals surface area contributed by atoms with Gasteiger partial charge in [-0.05, 0) is 47.9 Å². The summed E-state index contributed by atoms with van der Waals surface area (Å²) in [6.45, 7) is 0.262. The molecule has 5 aromatic rings. The molecule has 0 saturated carbocycles. The van der Waals surface area contributed by atoms with Crippen LogP contribution in [-0.2, 0) is 11.4 Å². The van der Waals surface area contributed by atoms with E-state index >= 15 is 0 Å². The average Bonchev–Trinajstić information content (AvgIpc) is 2.98. The molecule has 0 spiro atoms. The number of para-hydroxylation sites is 1. The van der Waals surface area contributed by atoms with Gasteiger partial charge in [0.2, 0.25) is 5.88 Å². The quantitative estimate of drug-likeness (QED) is 0.105. The smallest absolute Gasteiger partial charge is 0.550 e. The molecular formula is C31H24N3NaO6. The zero-order valence-electron chi connectivity index (χ0n) is 22.4. The van der Waals surface area contributed by atoms with Gasteiger partial charge >= 0.3 is 29.6 Å². The van der Waals surface area contributed by atoms with Crippen molar-refractivity contribution in [1.29, 1.82) is 0 Å². The monoisotopic (exact) mass is 557 g/mol. The maximum absolute atomic E-state index is 11.4. The Morgan fingerprint density at radius 1 is 0.805 bits per heavy atom. The minimum Gasteiger partial charge on any atom is -0.550 e. The summed E-state index contributed by atoms with van der Waals surface area (Å²) in [4.78, 5) is 31.0. The Bertz CT molecular complexity index is 1680. The number of aromatic nitrogens is 2. The fraction of sp³-hybridized carbons (Fsp3) is 0.129. The number of aliphatic carboxylic acids is 1. The van der Waals surface area contributed by atoms with E-state index in [4.69, 9.17) is 14.5 Å². The number of carboxylic acids is 1. The summed E-state index contributed by atoms with van der Waals surface area (Å²) < 4.78 is 11.6. The Morgan fingerprint density at radius 2 is 1.54 bits per heavy atom. The summed E-state index contributed by atoms with van der Waals surface area (Å²) in [7, 11) is 0. The van der Waals surface area contributed by atoms with Crippen LogP contribution in [0.3, 0.4) is 0 Å². The molecule has 0 fully saturated rings. The SMILES string of the molecule is O=C([O-])CCCOc1ccc2cc(-c3nc(OCc4ccccc4[N+](=O)[O-])cc(-c4ccccc4)n3)ccc2c1.[Na+]. The number of nitro benzene ring substituents is 1. The maximum Gasteiger partial charge on any atom is 1.00 e. The number of hydrogen-bond donors (Lipinski definition) is 0. The molecule has 1 aromatic heterocycles.